The third kappa shape index (κ3) is 4.76. The van der Waals surface area contributed by atoms with Crippen LogP contribution in [0.2, 0.25) is 0 Å². The van der Waals surface area contributed by atoms with E-state index in [0.717, 1.165) is 0 Å². The topological polar surface area (TPSA) is 51.2 Å². The highest BCUT2D eigenvalue weighted by Crippen LogP contribution is 1.94. The summed E-state index contributed by atoms with van der Waals surface area (Å²) in [5, 5.41) is 2.71. The SMILES string of the molecule is O=C(NCCOCCCl)c1cccnc1. The van der Waals surface area contributed by atoms with Gasteiger partial charge in [-0.3, -0.25) is 9.78 Å². The number of ether oxygens (including phenoxy) is 1. The predicted molar refractivity (Wildman–Crippen MR) is 58.1 cm³/mol. The van der Waals surface area contributed by atoms with Gasteiger partial charge in [0.2, 0.25) is 0 Å². The first-order valence-corrected chi connectivity index (χ1v) is 5.20. The average molecular weight is 229 g/mol. The monoisotopic (exact) mass is 228 g/mol. The van der Waals surface area contributed by atoms with E-state index in [4.69, 9.17) is 16.3 Å². The van der Waals surface area contributed by atoms with Crippen LogP contribution in [0.5, 0.6) is 0 Å². The van der Waals surface area contributed by atoms with Crippen LogP contribution in [-0.4, -0.2) is 36.5 Å². The van der Waals surface area contributed by atoms with E-state index < -0.39 is 0 Å². The van der Waals surface area contributed by atoms with Crippen LogP contribution >= 0.6 is 11.6 Å². The third-order valence-corrected chi connectivity index (χ3v) is 1.83. The second kappa shape index (κ2) is 7.20. The van der Waals surface area contributed by atoms with E-state index in [9.17, 15) is 4.79 Å². The van der Waals surface area contributed by atoms with Gasteiger partial charge in [0.1, 0.15) is 0 Å². The smallest absolute Gasteiger partial charge is 0.252 e. The molecule has 0 spiro atoms. The summed E-state index contributed by atoms with van der Waals surface area (Å²) in [4.78, 5) is 15.3. The molecule has 1 amide bonds. The fourth-order valence-corrected chi connectivity index (χ4v) is 1.10. The van der Waals surface area contributed by atoms with E-state index in [-0.39, 0.29) is 5.91 Å². The Labute approximate surface area is 93.6 Å². The average Bonchev–Trinajstić information content (AvgIpc) is 2.30. The van der Waals surface area contributed by atoms with Gasteiger partial charge in [-0.25, -0.2) is 0 Å². The molecule has 0 aliphatic carbocycles. The number of carbonyl (C=O) groups excluding carboxylic acids is 1. The molecule has 0 saturated heterocycles. The number of hydrogen-bond acceptors (Lipinski definition) is 3. The number of hydrogen-bond donors (Lipinski definition) is 1. The molecular formula is C10H13ClN2O2. The number of halogens is 1. The van der Waals surface area contributed by atoms with Gasteiger partial charge < -0.3 is 10.1 Å². The number of nitrogens with one attached hydrogen (secondary N) is 1. The van der Waals surface area contributed by atoms with E-state index in [1.807, 2.05) is 0 Å². The molecule has 15 heavy (non-hydrogen) atoms. The number of nitrogens with zero attached hydrogens (tertiary/aromatic N) is 1. The highest BCUT2D eigenvalue weighted by Gasteiger charge is 2.02. The highest BCUT2D eigenvalue weighted by molar-refractivity contribution is 6.17. The first-order chi connectivity index (χ1) is 7.34. The molecule has 0 aliphatic rings. The van der Waals surface area contributed by atoms with Crippen LogP contribution in [0, 0.1) is 0 Å². The van der Waals surface area contributed by atoms with Gasteiger partial charge in [-0.2, -0.15) is 0 Å². The lowest BCUT2D eigenvalue weighted by Gasteiger charge is -2.04. The molecule has 1 N–H and O–H groups in total. The molecule has 1 heterocycles. The summed E-state index contributed by atoms with van der Waals surface area (Å²) in [6.07, 6.45) is 3.15. The van der Waals surface area contributed by atoms with Gasteiger partial charge >= 0.3 is 0 Å². The Bertz CT molecular complexity index is 293. The second-order valence-electron chi connectivity index (χ2n) is 2.80. The Kier molecular flexibility index (Phi) is 5.73. The maximum Gasteiger partial charge on any atom is 0.252 e. The first-order valence-electron chi connectivity index (χ1n) is 4.66. The summed E-state index contributed by atoms with van der Waals surface area (Å²) < 4.78 is 5.11. The summed E-state index contributed by atoms with van der Waals surface area (Å²) in [6, 6.07) is 3.43. The number of carbonyl (C=O) groups is 1. The quantitative estimate of drug-likeness (QED) is 0.585. The summed E-state index contributed by atoms with van der Waals surface area (Å²) in [5.74, 6) is 0.328. The van der Waals surface area contributed by atoms with Crippen molar-refractivity contribution in [3.05, 3.63) is 30.1 Å². The van der Waals surface area contributed by atoms with Crippen LogP contribution in [-0.2, 0) is 4.74 Å². The molecule has 82 valence electrons. The Morgan fingerprint density at radius 1 is 1.53 bits per heavy atom. The summed E-state index contributed by atoms with van der Waals surface area (Å²) in [6.45, 7) is 1.45. The lowest BCUT2D eigenvalue weighted by molar-refractivity contribution is 0.0923. The zero-order chi connectivity index (χ0) is 10.9. The van der Waals surface area contributed by atoms with Crippen molar-refractivity contribution in [2.75, 3.05) is 25.6 Å². The van der Waals surface area contributed by atoms with Crippen molar-refractivity contribution in [2.24, 2.45) is 0 Å². The Balaban J connectivity index is 2.20. The number of rotatable bonds is 6. The van der Waals surface area contributed by atoms with E-state index >= 15 is 0 Å². The van der Waals surface area contributed by atoms with Gasteiger partial charge in [-0.1, -0.05) is 0 Å². The van der Waals surface area contributed by atoms with E-state index in [0.29, 0.717) is 31.2 Å². The molecule has 0 unspecified atom stereocenters. The van der Waals surface area contributed by atoms with Crippen molar-refractivity contribution in [1.29, 1.82) is 0 Å². The molecular weight excluding hydrogens is 216 g/mol. The number of alkyl halides is 1. The normalized spacial score (nSPS) is 9.93. The standard InChI is InChI=1S/C10H13ClN2O2/c11-3-6-15-7-5-13-10(14)9-2-1-4-12-8-9/h1-2,4,8H,3,5-7H2,(H,13,14). The molecule has 0 aliphatic heterocycles. The van der Waals surface area contributed by atoms with Crippen LogP contribution in [0.3, 0.4) is 0 Å². The molecule has 1 aromatic rings. The molecule has 0 bridgehead atoms. The van der Waals surface area contributed by atoms with Crippen LogP contribution < -0.4 is 5.32 Å². The summed E-state index contributed by atoms with van der Waals surface area (Å²) in [5.41, 5.74) is 0.551. The molecule has 0 radical (unpaired) electrons. The minimum absolute atomic E-state index is 0.141. The largest absolute Gasteiger partial charge is 0.378 e. The lowest BCUT2D eigenvalue weighted by atomic mass is 10.3. The van der Waals surface area contributed by atoms with Crippen molar-refractivity contribution in [3.8, 4) is 0 Å². The van der Waals surface area contributed by atoms with Gasteiger partial charge in [0, 0.05) is 24.8 Å². The molecule has 0 atom stereocenters. The van der Waals surface area contributed by atoms with Gasteiger partial charge in [0.25, 0.3) is 5.91 Å². The fourth-order valence-electron chi connectivity index (χ4n) is 0.992. The molecule has 0 aromatic carbocycles. The second-order valence-corrected chi connectivity index (χ2v) is 3.18. The van der Waals surface area contributed by atoms with E-state index in [1.165, 1.54) is 6.20 Å². The number of aromatic nitrogens is 1. The molecule has 1 aromatic heterocycles. The summed E-state index contributed by atoms with van der Waals surface area (Å²) >= 11 is 5.42. The minimum Gasteiger partial charge on any atom is -0.378 e. The van der Waals surface area contributed by atoms with Crippen molar-refractivity contribution in [2.45, 2.75) is 0 Å². The Hall–Kier alpha value is -1.13. The van der Waals surface area contributed by atoms with Gasteiger partial charge in [-0.15, -0.1) is 11.6 Å². The van der Waals surface area contributed by atoms with Crippen LogP contribution in [0.25, 0.3) is 0 Å². The molecule has 5 heteroatoms. The van der Waals surface area contributed by atoms with Gasteiger partial charge in [0.15, 0.2) is 0 Å². The fraction of sp³-hybridized carbons (Fsp3) is 0.400. The van der Waals surface area contributed by atoms with Crippen molar-refractivity contribution >= 4 is 17.5 Å². The maximum absolute atomic E-state index is 11.4. The van der Waals surface area contributed by atoms with Crippen LogP contribution in [0.15, 0.2) is 24.5 Å². The third-order valence-electron chi connectivity index (χ3n) is 1.68. The van der Waals surface area contributed by atoms with Crippen molar-refractivity contribution in [3.63, 3.8) is 0 Å². The lowest BCUT2D eigenvalue weighted by Crippen LogP contribution is -2.27. The van der Waals surface area contributed by atoms with E-state index in [1.54, 1.807) is 18.3 Å². The van der Waals surface area contributed by atoms with Gasteiger partial charge in [0.05, 0.1) is 18.8 Å². The molecule has 0 saturated carbocycles. The van der Waals surface area contributed by atoms with Gasteiger partial charge in [-0.05, 0) is 12.1 Å². The molecule has 4 nitrogen and oxygen atoms in total. The zero-order valence-electron chi connectivity index (χ0n) is 8.28. The van der Waals surface area contributed by atoms with Crippen molar-refractivity contribution in [1.82, 2.24) is 10.3 Å². The van der Waals surface area contributed by atoms with Crippen molar-refractivity contribution < 1.29 is 9.53 Å². The van der Waals surface area contributed by atoms with Crippen LogP contribution in [0.4, 0.5) is 0 Å². The predicted octanol–water partition coefficient (Wildman–Crippen LogP) is 1.07. The van der Waals surface area contributed by atoms with Crippen LogP contribution in [0.1, 0.15) is 10.4 Å². The Morgan fingerprint density at radius 3 is 3.07 bits per heavy atom. The zero-order valence-corrected chi connectivity index (χ0v) is 9.04. The molecule has 0 fully saturated rings. The Morgan fingerprint density at radius 2 is 2.40 bits per heavy atom. The number of pyridine rings is 1. The summed E-state index contributed by atoms with van der Waals surface area (Å²) in [7, 11) is 0. The minimum atomic E-state index is -0.141. The van der Waals surface area contributed by atoms with E-state index in [2.05, 4.69) is 10.3 Å². The highest BCUT2D eigenvalue weighted by atomic mass is 35.5. The first kappa shape index (κ1) is 11.9. The molecule has 1 rings (SSSR count). The number of amides is 1. The maximum atomic E-state index is 11.4.